The van der Waals surface area contributed by atoms with Gasteiger partial charge in [0.1, 0.15) is 5.60 Å². The van der Waals surface area contributed by atoms with Crippen LogP contribution in [0.2, 0.25) is 0 Å². The predicted molar refractivity (Wildman–Crippen MR) is 56.6 cm³/mol. The first-order valence-electron chi connectivity index (χ1n) is 5.59. The van der Waals surface area contributed by atoms with Crippen LogP contribution in [0.1, 0.15) is 40.0 Å². The van der Waals surface area contributed by atoms with Crippen LogP contribution < -0.4 is 0 Å². The van der Waals surface area contributed by atoms with E-state index < -0.39 is 11.0 Å². The molecule has 2 bridgehead atoms. The first-order chi connectivity index (χ1) is 7.29. The molecule has 0 amide bonds. The van der Waals surface area contributed by atoms with Gasteiger partial charge in [0.15, 0.2) is 0 Å². The smallest absolute Gasteiger partial charge is 0.313 e. The molecule has 4 heteroatoms. The lowest BCUT2D eigenvalue weighted by Gasteiger charge is -2.35. The molecule has 2 rings (SSSR count). The number of ether oxygens (including phenoxy) is 2. The van der Waals surface area contributed by atoms with Crippen molar-refractivity contribution in [3.05, 3.63) is 0 Å². The minimum atomic E-state index is -0.686. The van der Waals surface area contributed by atoms with Crippen molar-refractivity contribution in [2.75, 3.05) is 7.11 Å². The molecule has 90 valence electrons. The summed E-state index contributed by atoms with van der Waals surface area (Å²) in [7, 11) is 1.35. The topological polar surface area (TPSA) is 52.6 Å². The highest BCUT2D eigenvalue weighted by Crippen LogP contribution is 2.66. The second kappa shape index (κ2) is 2.99. The Morgan fingerprint density at radius 2 is 2.00 bits per heavy atom. The van der Waals surface area contributed by atoms with E-state index in [1.54, 1.807) is 0 Å². The molecule has 2 aliphatic rings. The van der Waals surface area contributed by atoms with Crippen LogP contribution in [0, 0.1) is 10.8 Å². The quantitative estimate of drug-likeness (QED) is 0.672. The van der Waals surface area contributed by atoms with Crippen LogP contribution >= 0.6 is 0 Å². The first-order valence-corrected chi connectivity index (χ1v) is 5.59. The van der Waals surface area contributed by atoms with Crippen LogP contribution in [0.15, 0.2) is 0 Å². The number of hydrogen-bond acceptors (Lipinski definition) is 4. The third-order valence-electron chi connectivity index (χ3n) is 4.93. The van der Waals surface area contributed by atoms with E-state index in [1.807, 2.05) is 20.8 Å². The van der Waals surface area contributed by atoms with Gasteiger partial charge in [0.05, 0.1) is 18.9 Å². The zero-order valence-corrected chi connectivity index (χ0v) is 10.3. The Bertz CT molecular complexity index is 360. The molecule has 2 unspecified atom stereocenters. The maximum absolute atomic E-state index is 12.0. The number of methoxy groups -OCH3 is 1. The molecule has 1 saturated carbocycles. The van der Waals surface area contributed by atoms with E-state index in [2.05, 4.69) is 4.74 Å². The van der Waals surface area contributed by atoms with E-state index in [9.17, 15) is 9.59 Å². The van der Waals surface area contributed by atoms with Gasteiger partial charge in [-0.3, -0.25) is 9.59 Å². The van der Waals surface area contributed by atoms with Gasteiger partial charge in [-0.25, -0.2) is 0 Å². The molecule has 0 N–H and O–H groups in total. The average molecular weight is 226 g/mol. The number of carbonyl (C=O) groups is 2. The fourth-order valence-electron chi connectivity index (χ4n) is 3.12. The second-order valence-electron chi connectivity index (χ2n) is 5.58. The summed E-state index contributed by atoms with van der Waals surface area (Å²) in [6.45, 7) is 5.97. The van der Waals surface area contributed by atoms with Gasteiger partial charge in [0, 0.05) is 5.41 Å². The standard InChI is InChI=1S/C12H18O4/c1-10(2)11(3)5-6-12(10,9(14)16-11)7-8(13)15-4/h5-7H2,1-4H3. The lowest BCUT2D eigenvalue weighted by atomic mass is 9.64. The van der Waals surface area contributed by atoms with Gasteiger partial charge < -0.3 is 9.47 Å². The largest absolute Gasteiger partial charge is 0.469 e. The molecule has 0 radical (unpaired) electrons. The Morgan fingerprint density at radius 1 is 1.38 bits per heavy atom. The lowest BCUT2D eigenvalue weighted by molar-refractivity contribution is -0.163. The van der Waals surface area contributed by atoms with E-state index >= 15 is 0 Å². The van der Waals surface area contributed by atoms with Crippen LogP contribution in [0.4, 0.5) is 0 Å². The molecular formula is C12H18O4. The summed E-state index contributed by atoms with van der Waals surface area (Å²) < 4.78 is 10.2. The van der Waals surface area contributed by atoms with Crippen LogP contribution in [0.3, 0.4) is 0 Å². The van der Waals surface area contributed by atoms with Crippen LogP contribution in [-0.4, -0.2) is 24.6 Å². The van der Waals surface area contributed by atoms with Gasteiger partial charge in [0.25, 0.3) is 0 Å². The molecule has 2 atom stereocenters. The Balaban J connectivity index is 2.39. The summed E-state index contributed by atoms with van der Waals surface area (Å²) in [5.74, 6) is -0.576. The predicted octanol–water partition coefficient (Wildman–Crippen LogP) is 1.67. The van der Waals surface area contributed by atoms with Gasteiger partial charge in [-0.1, -0.05) is 13.8 Å². The molecule has 1 heterocycles. The number of carbonyl (C=O) groups excluding carboxylic acids is 2. The van der Waals surface area contributed by atoms with E-state index in [0.717, 1.165) is 6.42 Å². The van der Waals surface area contributed by atoms with Gasteiger partial charge >= 0.3 is 11.9 Å². The number of fused-ring (bicyclic) bond motifs is 2. The first kappa shape index (κ1) is 11.4. The Labute approximate surface area is 95.3 Å². The van der Waals surface area contributed by atoms with Crippen molar-refractivity contribution >= 4 is 11.9 Å². The molecule has 0 aromatic rings. The molecule has 2 fully saturated rings. The fraction of sp³-hybridized carbons (Fsp3) is 0.833. The minimum absolute atomic E-state index is 0.130. The third kappa shape index (κ3) is 1.05. The van der Waals surface area contributed by atoms with Gasteiger partial charge in [-0.15, -0.1) is 0 Å². The van der Waals surface area contributed by atoms with Crippen molar-refractivity contribution in [1.29, 1.82) is 0 Å². The molecular weight excluding hydrogens is 208 g/mol. The van der Waals surface area contributed by atoms with Crippen LogP contribution in [0.5, 0.6) is 0 Å². The molecule has 1 saturated heterocycles. The maximum Gasteiger partial charge on any atom is 0.313 e. The fourth-order valence-corrected chi connectivity index (χ4v) is 3.12. The summed E-state index contributed by atoms with van der Waals surface area (Å²) in [4.78, 5) is 23.5. The van der Waals surface area contributed by atoms with Gasteiger partial charge in [-0.2, -0.15) is 0 Å². The van der Waals surface area contributed by atoms with Crippen LogP contribution in [0.25, 0.3) is 0 Å². The van der Waals surface area contributed by atoms with Crippen LogP contribution in [-0.2, 0) is 19.1 Å². The lowest BCUT2D eigenvalue weighted by Crippen LogP contribution is -2.41. The van der Waals surface area contributed by atoms with Crippen molar-refractivity contribution in [2.24, 2.45) is 10.8 Å². The summed E-state index contributed by atoms with van der Waals surface area (Å²) in [5, 5.41) is 0. The van der Waals surface area contributed by atoms with Gasteiger partial charge in [-0.05, 0) is 19.8 Å². The molecule has 0 spiro atoms. The molecule has 4 nitrogen and oxygen atoms in total. The van der Waals surface area contributed by atoms with Crippen molar-refractivity contribution in [2.45, 2.75) is 45.6 Å². The highest BCUT2D eigenvalue weighted by molar-refractivity contribution is 5.87. The molecule has 16 heavy (non-hydrogen) atoms. The molecule has 1 aliphatic carbocycles. The normalized spacial score (nSPS) is 39.6. The highest BCUT2D eigenvalue weighted by atomic mass is 16.6. The summed E-state index contributed by atoms with van der Waals surface area (Å²) in [6, 6.07) is 0. The SMILES string of the molecule is COC(=O)CC12CCC(C)(OC1=O)C2(C)C. The zero-order chi connectivity index (χ0) is 12.2. The second-order valence-corrected chi connectivity index (χ2v) is 5.58. The molecule has 0 aromatic carbocycles. The molecule has 0 aromatic heterocycles. The summed E-state index contributed by atoms with van der Waals surface area (Å²) in [5.41, 5.74) is -1.43. The summed E-state index contributed by atoms with van der Waals surface area (Å²) >= 11 is 0. The van der Waals surface area contributed by atoms with Gasteiger partial charge in [0.2, 0.25) is 0 Å². The maximum atomic E-state index is 12.0. The Hall–Kier alpha value is -1.06. The average Bonchev–Trinajstić information content (AvgIpc) is 2.46. The Morgan fingerprint density at radius 3 is 2.38 bits per heavy atom. The Kier molecular flexibility index (Phi) is 2.14. The van der Waals surface area contributed by atoms with E-state index in [4.69, 9.17) is 4.74 Å². The number of rotatable bonds is 2. The zero-order valence-electron chi connectivity index (χ0n) is 10.3. The van der Waals surface area contributed by atoms with E-state index in [1.165, 1.54) is 7.11 Å². The van der Waals surface area contributed by atoms with Crippen molar-refractivity contribution in [3.63, 3.8) is 0 Å². The number of esters is 2. The van der Waals surface area contributed by atoms with E-state index in [0.29, 0.717) is 6.42 Å². The highest BCUT2D eigenvalue weighted by Gasteiger charge is 2.73. The van der Waals surface area contributed by atoms with Crippen molar-refractivity contribution < 1.29 is 19.1 Å². The number of hydrogen-bond donors (Lipinski definition) is 0. The molecule has 1 aliphatic heterocycles. The van der Waals surface area contributed by atoms with Crippen molar-refractivity contribution in [1.82, 2.24) is 0 Å². The monoisotopic (exact) mass is 226 g/mol. The minimum Gasteiger partial charge on any atom is -0.469 e. The van der Waals surface area contributed by atoms with Crippen molar-refractivity contribution in [3.8, 4) is 0 Å². The third-order valence-corrected chi connectivity index (χ3v) is 4.93. The summed E-state index contributed by atoms with van der Waals surface area (Å²) in [6.07, 6.45) is 1.66. The van der Waals surface area contributed by atoms with E-state index in [-0.39, 0.29) is 23.8 Å².